The molecule has 1 fully saturated rings. The van der Waals surface area contributed by atoms with Gasteiger partial charge in [0.2, 0.25) is 0 Å². The summed E-state index contributed by atoms with van der Waals surface area (Å²) in [6, 6.07) is 6.22. The quantitative estimate of drug-likeness (QED) is 0.322. The number of nitrogens with one attached hydrogen (secondary N) is 2. The molecule has 0 aliphatic carbocycles. The molecule has 3 atom stereocenters. The largest absolute Gasteiger partial charge is 0.475 e. The molecule has 0 spiro atoms. The molecule has 1 aromatic carbocycles. The molecule has 2 heterocycles. The zero-order valence-corrected chi connectivity index (χ0v) is 14.4. The van der Waals surface area contributed by atoms with Crippen LogP contribution in [0.5, 0.6) is 5.88 Å². The van der Waals surface area contributed by atoms with Crippen molar-refractivity contribution in [2.45, 2.75) is 31.3 Å². The standard InChI is InChI=1S/C16H21N5O6/c17-14-15(18-13-7-11(23)12(8-22)27-13)19-20-16(14)26-6-5-9-1-3-10(4-2-9)21(24)25/h1-4,11-13,22-23H,5-8,17H2,(H2,18,19,20)/t11?,12-,13-/m1/s1. The average Bonchev–Trinajstić information content (AvgIpc) is 3.18. The maximum absolute atomic E-state index is 10.6. The maximum atomic E-state index is 10.6. The summed E-state index contributed by atoms with van der Waals surface area (Å²) in [4.78, 5) is 10.2. The van der Waals surface area contributed by atoms with E-state index in [1.807, 2.05) is 0 Å². The normalized spacial score (nSPS) is 21.9. The number of non-ortho nitro benzene ring substituents is 1. The van der Waals surface area contributed by atoms with Crippen molar-refractivity contribution < 1.29 is 24.6 Å². The Morgan fingerprint density at radius 3 is 2.81 bits per heavy atom. The number of nitrogens with two attached hydrogens (primary N) is 1. The number of hydrogen-bond donors (Lipinski definition) is 5. The second-order valence-corrected chi connectivity index (χ2v) is 6.13. The molecule has 1 aliphatic rings. The number of nitrogen functional groups attached to an aromatic ring is 1. The summed E-state index contributed by atoms with van der Waals surface area (Å²) < 4.78 is 11.0. The number of benzene rings is 1. The number of aromatic nitrogens is 2. The Labute approximate surface area is 154 Å². The lowest BCUT2D eigenvalue weighted by Gasteiger charge is -2.13. The molecule has 11 heteroatoms. The van der Waals surface area contributed by atoms with Crippen LogP contribution in [0.25, 0.3) is 0 Å². The molecule has 6 N–H and O–H groups in total. The number of nitro groups is 1. The minimum absolute atomic E-state index is 0.0367. The van der Waals surface area contributed by atoms with Crippen molar-refractivity contribution in [2.75, 3.05) is 24.3 Å². The Morgan fingerprint density at radius 1 is 1.44 bits per heavy atom. The topological polar surface area (TPSA) is 169 Å². The number of aromatic amines is 1. The summed E-state index contributed by atoms with van der Waals surface area (Å²) in [5, 5.41) is 39.2. The van der Waals surface area contributed by atoms with Crippen molar-refractivity contribution in [3.63, 3.8) is 0 Å². The van der Waals surface area contributed by atoms with Crippen LogP contribution < -0.4 is 15.8 Å². The predicted octanol–water partition coefficient (Wildman–Crippen LogP) is 0.402. The molecule has 0 amide bonds. The average molecular weight is 379 g/mol. The van der Waals surface area contributed by atoms with Crippen LogP contribution in [0.2, 0.25) is 0 Å². The number of ether oxygens (including phenoxy) is 2. The van der Waals surface area contributed by atoms with Gasteiger partial charge in [0.1, 0.15) is 18.0 Å². The fourth-order valence-corrected chi connectivity index (χ4v) is 2.75. The maximum Gasteiger partial charge on any atom is 0.269 e. The van der Waals surface area contributed by atoms with Crippen molar-refractivity contribution in [2.24, 2.45) is 0 Å². The van der Waals surface area contributed by atoms with E-state index in [0.29, 0.717) is 18.7 Å². The summed E-state index contributed by atoms with van der Waals surface area (Å²) in [6.45, 7) is 0.0202. The molecule has 2 aromatic rings. The van der Waals surface area contributed by atoms with Gasteiger partial charge < -0.3 is 30.7 Å². The zero-order chi connectivity index (χ0) is 19.4. The van der Waals surface area contributed by atoms with Crippen LogP contribution in [0.15, 0.2) is 24.3 Å². The minimum atomic E-state index is -0.755. The van der Waals surface area contributed by atoms with Crippen molar-refractivity contribution in [3.8, 4) is 5.88 Å². The molecule has 0 saturated carbocycles. The number of hydrogen-bond acceptors (Lipinski definition) is 9. The van der Waals surface area contributed by atoms with Gasteiger partial charge in [0.05, 0.1) is 24.2 Å². The summed E-state index contributed by atoms with van der Waals surface area (Å²) >= 11 is 0. The highest BCUT2D eigenvalue weighted by Gasteiger charge is 2.34. The van der Waals surface area contributed by atoms with Crippen LogP contribution >= 0.6 is 0 Å². The Balaban J connectivity index is 1.51. The van der Waals surface area contributed by atoms with E-state index in [0.717, 1.165) is 5.56 Å². The van der Waals surface area contributed by atoms with Crippen LogP contribution in [0.1, 0.15) is 12.0 Å². The second kappa shape index (κ2) is 8.20. The number of nitro benzene ring substituents is 1. The highest BCUT2D eigenvalue weighted by molar-refractivity contribution is 5.67. The minimum Gasteiger partial charge on any atom is -0.475 e. The van der Waals surface area contributed by atoms with Crippen molar-refractivity contribution in [3.05, 3.63) is 39.9 Å². The van der Waals surface area contributed by atoms with Crippen molar-refractivity contribution >= 4 is 17.2 Å². The number of anilines is 2. The molecular formula is C16H21N5O6. The molecule has 1 aromatic heterocycles. The molecule has 0 radical (unpaired) electrons. The molecule has 27 heavy (non-hydrogen) atoms. The molecule has 11 nitrogen and oxygen atoms in total. The van der Waals surface area contributed by atoms with Crippen LogP contribution in [-0.2, 0) is 11.2 Å². The summed E-state index contributed by atoms with van der Waals surface area (Å²) in [5.74, 6) is 0.618. The molecule has 1 aliphatic heterocycles. The van der Waals surface area contributed by atoms with Gasteiger partial charge in [0, 0.05) is 25.0 Å². The van der Waals surface area contributed by atoms with Crippen molar-refractivity contribution in [1.29, 1.82) is 0 Å². The van der Waals surface area contributed by atoms with Gasteiger partial charge in [-0.2, -0.15) is 0 Å². The predicted molar refractivity (Wildman–Crippen MR) is 95.3 cm³/mol. The van der Waals surface area contributed by atoms with Gasteiger partial charge in [0.15, 0.2) is 5.82 Å². The lowest BCUT2D eigenvalue weighted by molar-refractivity contribution is -0.384. The molecule has 0 bridgehead atoms. The van der Waals surface area contributed by atoms with E-state index >= 15 is 0 Å². The van der Waals surface area contributed by atoms with Gasteiger partial charge in [-0.3, -0.25) is 15.2 Å². The second-order valence-electron chi connectivity index (χ2n) is 6.13. The van der Waals surface area contributed by atoms with E-state index in [4.69, 9.17) is 20.3 Å². The van der Waals surface area contributed by atoms with Gasteiger partial charge >= 0.3 is 0 Å². The third-order valence-electron chi connectivity index (χ3n) is 4.25. The monoisotopic (exact) mass is 379 g/mol. The van der Waals surface area contributed by atoms with E-state index in [2.05, 4.69) is 15.5 Å². The van der Waals surface area contributed by atoms with Crippen LogP contribution in [0.3, 0.4) is 0 Å². The van der Waals surface area contributed by atoms with E-state index in [9.17, 15) is 15.2 Å². The molecule has 3 rings (SSSR count). The van der Waals surface area contributed by atoms with Gasteiger partial charge in [-0.05, 0) is 5.56 Å². The first-order valence-electron chi connectivity index (χ1n) is 8.38. The Hall–Kier alpha value is -2.89. The highest BCUT2D eigenvalue weighted by Crippen LogP contribution is 2.29. The fraction of sp³-hybridized carbons (Fsp3) is 0.438. The van der Waals surface area contributed by atoms with E-state index < -0.39 is 23.4 Å². The number of H-pyrrole nitrogens is 1. The van der Waals surface area contributed by atoms with E-state index in [1.54, 1.807) is 12.1 Å². The Kier molecular flexibility index (Phi) is 5.74. The molecular weight excluding hydrogens is 358 g/mol. The van der Waals surface area contributed by atoms with E-state index in [-0.39, 0.29) is 30.5 Å². The number of rotatable bonds is 8. The third-order valence-corrected chi connectivity index (χ3v) is 4.25. The van der Waals surface area contributed by atoms with Gasteiger partial charge in [0.25, 0.3) is 11.6 Å². The lowest BCUT2D eigenvalue weighted by atomic mass is 10.1. The Bertz CT molecular complexity index is 780. The molecule has 1 unspecified atom stereocenters. The first kappa shape index (κ1) is 18.9. The fourth-order valence-electron chi connectivity index (χ4n) is 2.75. The smallest absolute Gasteiger partial charge is 0.269 e. The van der Waals surface area contributed by atoms with Crippen molar-refractivity contribution in [1.82, 2.24) is 10.2 Å². The summed E-state index contributed by atoms with van der Waals surface area (Å²) in [5.41, 5.74) is 7.18. The molecule has 146 valence electrons. The van der Waals surface area contributed by atoms with Crippen LogP contribution in [0, 0.1) is 10.1 Å². The third kappa shape index (κ3) is 4.45. The summed E-state index contributed by atoms with van der Waals surface area (Å²) in [7, 11) is 0. The van der Waals surface area contributed by atoms with Crippen LogP contribution in [-0.4, -0.2) is 57.0 Å². The lowest BCUT2D eigenvalue weighted by Crippen LogP contribution is -2.25. The Morgan fingerprint density at radius 2 is 2.19 bits per heavy atom. The zero-order valence-electron chi connectivity index (χ0n) is 14.4. The van der Waals surface area contributed by atoms with E-state index in [1.165, 1.54) is 12.1 Å². The molecule has 1 saturated heterocycles. The number of aliphatic hydroxyl groups is 2. The summed E-state index contributed by atoms with van der Waals surface area (Å²) in [6.07, 6.45) is -1.06. The highest BCUT2D eigenvalue weighted by atomic mass is 16.6. The SMILES string of the molecule is Nc1c(OCCc2ccc([N+](=O)[O-])cc2)n[nH]c1N[C@H]1CC(O)[C@@H](CO)O1. The number of nitrogens with zero attached hydrogens (tertiary/aromatic N) is 2. The first-order valence-corrected chi connectivity index (χ1v) is 8.38. The number of aliphatic hydroxyl groups excluding tert-OH is 2. The van der Waals surface area contributed by atoms with Gasteiger partial charge in [-0.1, -0.05) is 12.1 Å². The van der Waals surface area contributed by atoms with Gasteiger partial charge in [-0.15, -0.1) is 5.10 Å². The van der Waals surface area contributed by atoms with Crippen LogP contribution in [0.4, 0.5) is 17.2 Å². The first-order chi connectivity index (χ1) is 13.0. The van der Waals surface area contributed by atoms with Gasteiger partial charge in [-0.25, -0.2) is 0 Å².